The number of methoxy groups -OCH3 is 1. The summed E-state index contributed by atoms with van der Waals surface area (Å²) in [5.74, 6) is -0.872. The van der Waals surface area contributed by atoms with Crippen molar-refractivity contribution in [3.63, 3.8) is 0 Å². The molecule has 3 atom stereocenters. The Morgan fingerprint density at radius 1 is 1.26 bits per heavy atom. The molecule has 172 valence electrons. The number of aliphatic carboxylic acids is 1. The molecule has 1 saturated carbocycles. The Hall–Kier alpha value is -1.92. The molecular formula is C25H38N2O4. The first-order valence-electron chi connectivity index (χ1n) is 11.7. The van der Waals surface area contributed by atoms with Crippen molar-refractivity contribution in [3.05, 3.63) is 34.9 Å². The van der Waals surface area contributed by atoms with Crippen molar-refractivity contribution in [1.29, 1.82) is 0 Å². The van der Waals surface area contributed by atoms with Gasteiger partial charge in [-0.25, -0.2) is 0 Å². The normalized spacial score (nSPS) is 24.4. The van der Waals surface area contributed by atoms with Gasteiger partial charge in [0.15, 0.2) is 0 Å². The number of carbonyl (C=O) groups is 2. The average Bonchev–Trinajstić information content (AvgIpc) is 2.74. The van der Waals surface area contributed by atoms with Crippen LogP contribution in [0.2, 0.25) is 0 Å². The zero-order valence-electron chi connectivity index (χ0n) is 19.2. The fourth-order valence-electron chi connectivity index (χ4n) is 5.66. The lowest BCUT2D eigenvalue weighted by Crippen LogP contribution is -2.57. The van der Waals surface area contributed by atoms with Gasteiger partial charge in [0.25, 0.3) is 0 Å². The molecular weight excluding hydrogens is 392 g/mol. The number of fused-ring (bicyclic) bond motifs is 1. The highest BCUT2D eigenvalue weighted by atomic mass is 16.5. The van der Waals surface area contributed by atoms with E-state index in [-0.39, 0.29) is 23.5 Å². The summed E-state index contributed by atoms with van der Waals surface area (Å²) in [6, 6.07) is 5.67. The first-order chi connectivity index (χ1) is 14.7. The molecule has 0 spiro atoms. The molecule has 2 aliphatic rings. The van der Waals surface area contributed by atoms with Crippen LogP contribution in [0.1, 0.15) is 80.3 Å². The lowest BCUT2D eigenvalue weighted by atomic mass is 9.67. The Bertz CT molecular complexity index is 786. The quantitative estimate of drug-likeness (QED) is 0.555. The second-order valence-electron chi connectivity index (χ2n) is 9.93. The summed E-state index contributed by atoms with van der Waals surface area (Å²) in [6.45, 7) is 4.93. The van der Waals surface area contributed by atoms with Crippen LogP contribution in [0.3, 0.4) is 0 Å². The third kappa shape index (κ3) is 5.47. The average molecular weight is 431 g/mol. The zero-order valence-corrected chi connectivity index (χ0v) is 19.2. The number of carbonyl (C=O) groups excluding carboxylic acids is 1. The lowest BCUT2D eigenvalue weighted by molar-refractivity contribution is -0.142. The van der Waals surface area contributed by atoms with E-state index in [1.54, 1.807) is 13.2 Å². The molecule has 6 nitrogen and oxygen atoms in total. The Morgan fingerprint density at radius 3 is 2.58 bits per heavy atom. The van der Waals surface area contributed by atoms with Gasteiger partial charge in [0, 0.05) is 30.6 Å². The minimum atomic E-state index is -0.685. The number of hydrogen-bond acceptors (Lipinski definition) is 4. The van der Waals surface area contributed by atoms with Gasteiger partial charge in [-0.15, -0.1) is 0 Å². The highest BCUT2D eigenvalue weighted by Crippen LogP contribution is 2.39. The third-order valence-electron chi connectivity index (χ3n) is 7.51. The fraction of sp³-hybridized carbons (Fsp3) is 0.680. The molecule has 1 aromatic carbocycles. The van der Waals surface area contributed by atoms with E-state index in [4.69, 9.17) is 10.5 Å². The molecule has 4 N–H and O–H groups in total. The number of carboxylic acids is 1. The van der Waals surface area contributed by atoms with Gasteiger partial charge in [0.1, 0.15) is 0 Å². The summed E-state index contributed by atoms with van der Waals surface area (Å²) in [5, 5.41) is 13.4. The number of nitrogens with one attached hydrogen (secondary N) is 1. The number of amides is 1. The maximum absolute atomic E-state index is 11.9. The SMILES string of the molecule is COC1Cc2ccc(C(N)=O)cc2C(C)(C)C1NCC[C@H](CC1CCCCC1)C(=O)O. The molecule has 0 radical (unpaired) electrons. The Balaban J connectivity index is 1.69. The predicted molar refractivity (Wildman–Crippen MR) is 121 cm³/mol. The number of rotatable bonds is 9. The highest BCUT2D eigenvalue weighted by molar-refractivity contribution is 5.93. The molecule has 0 bridgehead atoms. The summed E-state index contributed by atoms with van der Waals surface area (Å²) < 4.78 is 5.83. The van der Waals surface area contributed by atoms with E-state index in [1.165, 1.54) is 24.8 Å². The van der Waals surface area contributed by atoms with Crippen molar-refractivity contribution in [2.45, 2.75) is 82.8 Å². The number of primary amides is 1. The van der Waals surface area contributed by atoms with Crippen LogP contribution in [0, 0.1) is 11.8 Å². The lowest BCUT2D eigenvalue weighted by Gasteiger charge is -2.45. The predicted octanol–water partition coefficient (Wildman–Crippen LogP) is 3.65. The van der Waals surface area contributed by atoms with Crippen LogP contribution in [0.5, 0.6) is 0 Å². The molecule has 31 heavy (non-hydrogen) atoms. The Morgan fingerprint density at radius 2 is 1.97 bits per heavy atom. The monoisotopic (exact) mass is 430 g/mol. The number of carboxylic acid groups (broad SMARTS) is 1. The van der Waals surface area contributed by atoms with E-state index in [1.807, 2.05) is 12.1 Å². The zero-order chi connectivity index (χ0) is 22.6. The third-order valence-corrected chi connectivity index (χ3v) is 7.51. The molecule has 0 saturated heterocycles. The van der Waals surface area contributed by atoms with Gasteiger partial charge in [0.2, 0.25) is 5.91 Å². The molecule has 2 aliphatic carbocycles. The van der Waals surface area contributed by atoms with E-state index in [0.29, 0.717) is 24.4 Å². The van der Waals surface area contributed by atoms with Crippen molar-refractivity contribution >= 4 is 11.9 Å². The summed E-state index contributed by atoms with van der Waals surface area (Å²) in [4.78, 5) is 23.6. The second-order valence-corrected chi connectivity index (χ2v) is 9.93. The van der Waals surface area contributed by atoms with Crippen molar-refractivity contribution < 1.29 is 19.4 Å². The largest absolute Gasteiger partial charge is 0.481 e. The summed E-state index contributed by atoms with van der Waals surface area (Å²) in [7, 11) is 1.72. The van der Waals surface area contributed by atoms with Gasteiger partial charge in [0.05, 0.1) is 12.0 Å². The molecule has 3 rings (SSSR count). The fourth-order valence-corrected chi connectivity index (χ4v) is 5.66. The molecule has 0 aromatic heterocycles. The van der Waals surface area contributed by atoms with Gasteiger partial charge >= 0.3 is 5.97 Å². The van der Waals surface area contributed by atoms with Gasteiger partial charge in [-0.05, 0) is 48.6 Å². The smallest absolute Gasteiger partial charge is 0.306 e. The van der Waals surface area contributed by atoms with Crippen LogP contribution < -0.4 is 11.1 Å². The first kappa shape index (κ1) is 23.7. The second kappa shape index (κ2) is 10.1. The van der Waals surface area contributed by atoms with Crippen molar-refractivity contribution in [2.24, 2.45) is 17.6 Å². The number of nitrogens with two attached hydrogens (primary N) is 1. The molecule has 0 aliphatic heterocycles. The maximum atomic E-state index is 11.9. The molecule has 1 amide bonds. The van der Waals surface area contributed by atoms with Crippen molar-refractivity contribution in [2.75, 3.05) is 13.7 Å². The molecule has 0 heterocycles. The summed E-state index contributed by atoms with van der Waals surface area (Å²) in [6.07, 6.45) is 8.19. The maximum Gasteiger partial charge on any atom is 0.306 e. The van der Waals surface area contributed by atoms with Crippen LogP contribution >= 0.6 is 0 Å². The summed E-state index contributed by atoms with van der Waals surface area (Å²) in [5.41, 5.74) is 8.00. The van der Waals surface area contributed by atoms with E-state index in [2.05, 4.69) is 19.2 Å². The van der Waals surface area contributed by atoms with Crippen LogP contribution in [0.15, 0.2) is 18.2 Å². The van der Waals surface area contributed by atoms with Crippen LogP contribution in [0.4, 0.5) is 0 Å². The number of hydrogen-bond donors (Lipinski definition) is 3. The molecule has 1 fully saturated rings. The Kier molecular flexibility index (Phi) is 7.76. The van der Waals surface area contributed by atoms with Gasteiger partial charge in [-0.1, -0.05) is 52.0 Å². The van der Waals surface area contributed by atoms with Gasteiger partial charge in [-0.3, -0.25) is 9.59 Å². The minimum absolute atomic E-state index is 0.0113. The van der Waals surface area contributed by atoms with Gasteiger partial charge < -0.3 is 20.9 Å². The van der Waals surface area contributed by atoms with E-state index < -0.39 is 11.9 Å². The molecule has 6 heteroatoms. The minimum Gasteiger partial charge on any atom is -0.481 e. The standard InChI is InChI=1S/C25H38N2O4/c1-25(2)20-14-18(23(26)28)10-9-17(20)15-21(31-3)22(25)27-12-11-19(24(29)30)13-16-7-5-4-6-8-16/h9-10,14,16,19,21-22,27H,4-8,11-13,15H2,1-3H3,(H2,26,28)(H,29,30)/t19-,21?,22?/m1/s1. The topological polar surface area (TPSA) is 102 Å². The van der Waals surface area contributed by atoms with Crippen LogP contribution in [-0.2, 0) is 21.4 Å². The number of benzene rings is 1. The van der Waals surface area contributed by atoms with E-state index >= 15 is 0 Å². The number of ether oxygens (including phenoxy) is 1. The highest BCUT2D eigenvalue weighted by Gasteiger charge is 2.42. The first-order valence-corrected chi connectivity index (χ1v) is 11.7. The van der Waals surface area contributed by atoms with Crippen molar-refractivity contribution in [1.82, 2.24) is 5.32 Å². The molecule has 2 unspecified atom stereocenters. The van der Waals surface area contributed by atoms with Crippen LogP contribution in [-0.4, -0.2) is 42.8 Å². The van der Waals surface area contributed by atoms with Gasteiger partial charge in [-0.2, -0.15) is 0 Å². The van der Waals surface area contributed by atoms with Crippen molar-refractivity contribution in [3.8, 4) is 0 Å². The van der Waals surface area contributed by atoms with Crippen LogP contribution in [0.25, 0.3) is 0 Å². The molecule has 1 aromatic rings. The van der Waals surface area contributed by atoms with E-state index in [0.717, 1.165) is 31.2 Å². The Labute approximate surface area is 185 Å². The van der Waals surface area contributed by atoms with E-state index in [9.17, 15) is 14.7 Å². The summed E-state index contributed by atoms with van der Waals surface area (Å²) >= 11 is 0.